The van der Waals surface area contributed by atoms with Gasteiger partial charge in [-0.3, -0.25) is 0 Å². The maximum absolute atomic E-state index is 13.7. The molecule has 0 spiro atoms. The number of rotatable bonds is 4. The van der Waals surface area contributed by atoms with Crippen molar-refractivity contribution in [3.8, 4) is 11.5 Å². The highest BCUT2D eigenvalue weighted by atomic mass is 19.1. The van der Waals surface area contributed by atoms with Crippen LogP contribution < -0.4 is 10.5 Å². The van der Waals surface area contributed by atoms with Crippen molar-refractivity contribution in [2.75, 3.05) is 6.54 Å². The van der Waals surface area contributed by atoms with Crippen LogP contribution in [0.2, 0.25) is 0 Å². The van der Waals surface area contributed by atoms with Gasteiger partial charge >= 0.3 is 0 Å². The van der Waals surface area contributed by atoms with E-state index in [0.29, 0.717) is 18.1 Å². The van der Waals surface area contributed by atoms with Gasteiger partial charge in [-0.1, -0.05) is 0 Å². The molecule has 0 saturated carbocycles. The minimum atomic E-state index is -1.05. The Labute approximate surface area is 112 Å². The van der Waals surface area contributed by atoms with Gasteiger partial charge in [-0.2, -0.15) is 0 Å². The van der Waals surface area contributed by atoms with Crippen LogP contribution in [0.3, 0.4) is 0 Å². The van der Waals surface area contributed by atoms with E-state index in [-0.39, 0.29) is 6.54 Å². The molecule has 0 radical (unpaired) electrons. The molecule has 6 heteroatoms. The Balaban J connectivity index is 2.33. The van der Waals surface area contributed by atoms with Crippen LogP contribution in [0.1, 0.15) is 5.56 Å². The predicted molar refractivity (Wildman–Crippen MR) is 65.5 cm³/mol. The maximum Gasteiger partial charge on any atom is 0.198 e. The Bertz CT molecular complexity index is 608. The maximum atomic E-state index is 13.7. The summed E-state index contributed by atoms with van der Waals surface area (Å²) in [6.45, 7) is 0.242. The molecule has 2 nitrogen and oxygen atoms in total. The fraction of sp³-hybridized carbons (Fsp3) is 0.143. The second-order valence-electron chi connectivity index (χ2n) is 4.10. The van der Waals surface area contributed by atoms with Gasteiger partial charge in [-0.25, -0.2) is 17.6 Å². The molecule has 0 saturated heterocycles. The van der Waals surface area contributed by atoms with E-state index in [1.165, 1.54) is 0 Å². The summed E-state index contributed by atoms with van der Waals surface area (Å²) >= 11 is 0. The normalized spacial score (nSPS) is 10.7. The first-order valence-electron chi connectivity index (χ1n) is 5.82. The van der Waals surface area contributed by atoms with Gasteiger partial charge in [0.15, 0.2) is 29.0 Å². The number of ether oxygens (including phenoxy) is 1. The van der Waals surface area contributed by atoms with Crippen LogP contribution in [0, 0.1) is 23.3 Å². The van der Waals surface area contributed by atoms with Crippen LogP contribution in [0.25, 0.3) is 0 Å². The van der Waals surface area contributed by atoms with Gasteiger partial charge in [0.1, 0.15) is 5.82 Å². The standard InChI is InChI=1S/C14H11F4NO/c15-9-1-2-13(10(16)7-9)20-14-11(17)5-8(3-4-19)6-12(14)18/h1-2,5-7H,3-4,19H2. The molecule has 0 aromatic heterocycles. The lowest BCUT2D eigenvalue weighted by Gasteiger charge is -2.10. The minimum absolute atomic E-state index is 0.242. The quantitative estimate of drug-likeness (QED) is 0.872. The van der Waals surface area contributed by atoms with Crippen molar-refractivity contribution in [3.63, 3.8) is 0 Å². The number of hydrogen-bond acceptors (Lipinski definition) is 2. The fourth-order valence-corrected chi connectivity index (χ4v) is 1.69. The Kier molecular flexibility index (Phi) is 4.24. The van der Waals surface area contributed by atoms with E-state index in [2.05, 4.69) is 0 Å². The first-order valence-corrected chi connectivity index (χ1v) is 5.82. The zero-order valence-electron chi connectivity index (χ0n) is 10.3. The summed E-state index contributed by atoms with van der Waals surface area (Å²) in [5.41, 5.74) is 5.66. The van der Waals surface area contributed by atoms with E-state index < -0.39 is 34.8 Å². The van der Waals surface area contributed by atoms with E-state index in [1.54, 1.807) is 0 Å². The van der Waals surface area contributed by atoms with Crippen LogP contribution in [0.15, 0.2) is 30.3 Å². The number of hydrogen-bond donors (Lipinski definition) is 1. The zero-order chi connectivity index (χ0) is 14.7. The molecule has 0 bridgehead atoms. The molecular formula is C14H11F4NO. The van der Waals surface area contributed by atoms with Crippen LogP contribution >= 0.6 is 0 Å². The Morgan fingerprint density at radius 3 is 2.10 bits per heavy atom. The summed E-state index contributed by atoms with van der Waals surface area (Å²) in [4.78, 5) is 0. The van der Waals surface area contributed by atoms with Gasteiger partial charge in [0, 0.05) is 6.07 Å². The van der Waals surface area contributed by atoms with Gasteiger partial charge in [0.2, 0.25) is 0 Å². The number of halogens is 4. The molecule has 2 rings (SSSR count). The monoisotopic (exact) mass is 285 g/mol. The molecule has 0 aliphatic rings. The Morgan fingerprint density at radius 1 is 0.900 bits per heavy atom. The molecule has 0 aliphatic carbocycles. The molecule has 0 heterocycles. The van der Waals surface area contributed by atoms with E-state index in [9.17, 15) is 17.6 Å². The van der Waals surface area contributed by atoms with Gasteiger partial charge < -0.3 is 10.5 Å². The molecule has 2 aromatic rings. The van der Waals surface area contributed by atoms with E-state index in [0.717, 1.165) is 24.3 Å². The highest BCUT2D eigenvalue weighted by molar-refractivity contribution is 5.36. The van der Waals surface area contributed by atoms with Gasteiger partial charge in [0.25, 0.3) is 0 Å². The number of nitrogens with two attached hydrogens (primary N) is 1. The Hall–Kier alpha value is -2.08. The summed E-state index contributed by atoms with van der Waals surface area (Å²) in [6.07, 6.45) is 0.305. The summed E-state index contributed by atoms with van der Waals surface area (Å²) in [6, 6.07) is 4.57. The summed E-state index contributed by atoms with van der Waals surface area (Å²) in [5.74, 6) is -5.01. The number of benzene rings is 2. The van der Waals surface area contributed by atoms with E-state index in [4.69, 9.17) is 10.5 Å². The molecule has 2 N–H and O–H groups in total. The smallest absolute Gasteiger partial charge is 0.198 e. The fourth-order valence-electron chi connectivity index (χ4n) is 1.69. The van der Waals surface area contributed by atoms with Crippen molar-refractivity contribution in [2.45, 2.75) is 6.42 Å². The highest BCUT2D eigenvalue weighted by Gasteiger charge is 2.15. The Morgan fingerprint density at radius 2 is 1.55 bits per heavy atom. The molecule has 0 atom stereocenters. The van der Waals surface area contributed by atoms with Crippen LogP contribution in [0.5, 0.6) is 11.5 Å². The first kappa shape index (κ1) is 14.3. The van der Waals surface area contributed by atoms with Gasteiger partial charge in [-0.15, -0.1) is 0 Å². The third-order valence-corrected chi connectivity index (χ3v) is 2.60. The minimum Gasteiger partial charge on any atom is -0.448 e. The molecule has 106 valence electrons. The van der Waals surface area contributed by atoms with Crippen molar-refractivity contribution < 1.29 is 22.3 Å². The van der Waals surface area contributed by atoms with Crippen LogP contribution in [-0.4, -0.2) is 6.54 Å². The molecule has 0 aliphatic heterocycles. The van der Waals surface area contributed by atoms with E-state index in [1.807, 2.05) is 0 Å². The summed E-state index contributed by atoms with van der Waals surface area (Å²) in [5, 5.41) is 0. The topological polar surface area (TPSA) is 35.2 Å². The molecule has 2 aromatic carbocycles. The average molecular weight is 285 g/mol. The van der Waals surface area contributed by atoms with Crippen molar-refractivity contribution in [3.05, 3.63) is 59.2 Å². The van der Waals surface area contributed by atoms with Crippen molar-refractivity contribution in [2.24, 2.45) is 5.73 Å². The summed E-state index contributed by atoms with van der Waals surface area (Å²) in [7, 11) is 0. The second kappa shape index (κ2) is 5.92. The largest absolute Gasteiger partial charge is 0.448 e. The third-order valence-electron chi connectivity index (χ3n) is 2.60. The molecule has 0 fully saturated rings. The summed E-state index contributed by atoms with van der Waals surface area (Å²) < 4.78 is 58.4. The lowest BCUT2D eigenvalue weighted by molar-refractivity contribution is 0.385. The molecule has 0 unspecified atom stereocenters. The van der Waals surface area contributed by atoms with Crippen molar-refractivity contribution >= 4 is 0 Å². The lowest BCUT2D eigenvalue weighted by Crippen LogP contribution is -2.04. The van der Waals surface area contributed by atoms with E-state index >= 15 is 0 Å². The van der Waals surface area contributed by atoms with Crippen molar-refractivity contribution in [1.29, 1.82) is 0 Å². The van der Waals surface area contributed by atoms with Crippen molar-refractivity contribution in [1.82, 2.24) is 0 Å². The van der Waals surface area contributed by atoms with Gasteiger partial charge in [0.05, 0.1) is 0 Å². The predicted octanol–water partition coefficient (Wildman–Crippen LogP) is 3.54. The highest BCUT2D eigenvalue weighted by Crippen LogP contribution is 2.30. The molecular weight excluding hydrogens is 274 g/mol. The average Bonchev–Trinajstić information content (AvgIpc) is 2.36. The lowest BCUT2D eigenvalue weighted by atomic mass is 10.1. The van der Waals surface area contributed by atoms with Crippen LogP contribution in [0.4, 0.5) is 17.6 Å². The van der Waals surface area contributed by atoms with Crippen LogP contribution in [-0.2, 0) is 6.42 Å². The molecule has 0 amide bonds. The van der Waals surface area contributed by atoms with Gasteiger partial charge in [-0.05, 0) is 42.8 Å². The first-order chi connectivity index (χ1) is 9.51. The second-order valence-corrected chi connectivity index (χ2v) is 4.10. The third kappa shape index (κ3) is 3.08. The SMILES string of the molecule is NCCc1cc(F)c(Oc2ccc(F)cc2F)c(F)c1. The zero-order valence-corrected chi connectivity index (χ0v) is 10.3. The molecule has 20 heavy (non-hydrogen) atoms.